The highest BCUT2D eigenvalue weighted by molar-refractivity contribution is 6.30. The molecule has 0 spiro atoms. The van der Waals surface area contributed by atoms with E-state index in [2.05, 4.69) is 15.3 Å². The summed E-state index contributed by atoms with van der Waals surface area (Å²) in [6.45, 7) is 1.26. The maximum Gasteiger partial charge on any atom is 0.418 e. The molecule has 2 aromatic heterocycles. The summed E-state index contributed by atoms with van der Waals surface area (Å²) in [6, 6.07) is 5.98. The number of alkyl halides is 3. The van der Waals surface area contributed by atoms with Crippen molar-refractivity contribution >= 4 is 40.2 Å². The van der Waals surface area contributed by atoms with E-state index >= 15 is 0 Å². The maximum atomic E-state index is 13.1. The number of esters is 1. The smallest absolute Gasteiger partial charge is 0.418 e. The van der Waals surface area contributed by atoms with E-state index in [-0.39, 0.29) is 10.6 Å². The molecule has 2 N–H and O–H groups in total. The van der Waals surface area contributed by atoms with Crippen LogP contribution >= 0.6 is 11.6 Å². The minimum absolute atomic E-state index is 0.127. The van der Waals surface area contributed by atoms with Gasteiger partial charge in [-0.05, 0) is 37.3 Å². The number of nitrogens with one attached hydrogen (secondary N) is 2. The third-order valence-electron chi connectivity index (χ3n) is 3.88. The van der Waals surface area contributed by atoms with Crippen molar-refractivity contribution in [2.75, 3.05) is 5.32 Å². The van der Waals surface area contributed by atoms with Crippen LogP contribution in [-0.4, -0.2) is 27.9 Å². The van der Waals surface area contributed by atoms with Crippen LogP contribution in [0.15, 0.2) is 42.7 Å². The van der Waals surface area contributed by atoms with Gasteiger partial charge in [0.2, 0.25) is 0 Å². The quantitative estimate of drug-likeness (QED) is 0.622. The summed E-state index contributed by atoms with van der Waals surface area (Å²) in [6.07, 6.45) is -3.08. The second-order valence-corrected chi connectivity index (χ2v) is 6.26. The number of carbonyl (C=O) groups is 2. The summed E-state index contributed by atoms with van der Waals surface area (Å²) in [5.74, 6) is -1.72. The molecular weight excluding hydrogens is 399 g/mol. The average Bonchev–Trinajstić information content (AvgIpc) is 3.10. The first-order valence-electron chi connectivity index (χ1n) is 7.97. The van der Waals surface area contributed by atoms with Crippen LogP contribution in [0.3, 0.4) is 0 Å². The highest BCUT2D eigenvalue weighted by Crippen LogP contribution is 2.36. The predicted molar refractivity (Wildman–Crippen MR) is 96.1 cm³/mol. The number of amides is 1. The SMILES string of the molecule is CC(OC(=O)c1ccnc2[nH]ccc12)C(=O)Nc1ccc(Cl)cc1C(F)(F)F. The van der Waals surface area contributed by atoms with Crippen molar-refractivity contribution in [1.29, 1.82) is 0 Å². The number of benzene rings is 1. The van der Waals surface area contributed by atoms with Gasteiger partial charge < -0.3 is 15.0 Å². The fourth-order valence-electron chi connectivity index (χ4n) is 2.51. The molecule has 6 nitrogen and oxygen atoms in total. The van der Waals surface area contributed by atoms with Crippen molar-refractivity contribution in [3.63, 3.8) is 0 Å². The highest BCUT2D eigenvalue weighted by Gasteiger charge is 2.34. The summed E-state index contributed by atoms with van der Waals surface area (Å²) in [5, 5.41) is 2.49. The van der Waals surface area contributed by atoms with E-state index < -0.39 is 35.4 Å². The molecule has 3 rings (SSSR count). The standard InChI is InChI=1S/C18H13ClF3N3O3/c1-9(28-17(27)12-5-7-24-15-11(12)4-6-23-15)16(26)25-14-3-2-10(19)8-13(14)18(20,21)22/h2-9H,1H3,(H,23,24)(H,25,26). The van der Waals surface area contributed by atoms with Crippen molar-refractivity contribution in [2.45, 2.75) is 19.2 Å². The molecule has 146 valence electrons. The largest absolute Gasteiger partial charge is 0.449 e. The molecular formula is C18H13ClF3N3O3. The van der Waals surface area contributed by atoms with E-state index in [1.165, 1.54) is 25.3 Å². The Morgan fingerprint density at radius 3 is 2.71 bits per heavy atom. The Labute approximate surface area is 161 Å². The second-order valence-electron chi connectivity index (χ2n) is 5.82. The minimum Gasteiger partial charge on any atom is -0.449 e. The number of aromatic amines is 1. The molecule has 0 aliphatic rings. The van der Waals surface area contributed by atoms with Gasteiger partial charge in [0.25, 0.3) is 5.91 Å². The fraction of sp³-hybridized carbons (Fsp3) is 0.167. The van der Waals surface area contributed by atoms with Gasteiger partial charge in [0.15, 0.2) is 6.10 Å². The first-order chi connectivity index (χ1) is 13.2. The molecule has 1 amide bonds. The summed E-state index contributed by atoms with van der Waals surface area (Å²) in [5.41, 5.74) is -0.951. The second kappa shape index (κ2) is 7.51. The van der Waals surface area contributed by atoms with Crippen LogP contribution in [0.2, 0.25) is 5.02 Å². The molecule has 3 aromatic rings. The predicted octanol–water partition coefficient (Wildman–Crippen LogP) is 4.42. The number of nitrogens with zero attached hydrogens (tertiary/aromatic N) is 1. The van der Waals surface area contributed by atoms with E-state index in [0.29, 0.717) is 17.1 Å². The third kappa shape index (κ3) is 4.09. The van der Waals surface area contributed by atoms with E-state index in [1.54, 1.807) is 12.3 Å². The molecule has 10 heteroatoms. The maximum absolute atomic E-state index is 13.1. The lowest BCUT2D eigenvalue weighted by molar-refractivity contribution is -0.137. The van der Waals surface area contributed by atoms with Gasteiger partial charge in [-0.1, -0.05) is 11.6 Å². The molecule has 0 radical (unpaired) electrons. The molecule has 1 unspecified atom stereocenters. The molecule has 0 saturated heterocycles. The summed E-state index contributed by atoms with van der Waals surface area (Å²) in [7, 11) is 0. The number of pyridine rings is 1. The Bertz CT molecular complexity index is 1050. The first kappa shape index (κ1) is 19.7. The molecule has 1 aromatic carbocycles. The van der Waals surface area contributed by atoms with Crippen molar-refractivity contribution < 1.29 is 27.5 Å². The molecule has 0 aliphatic carbocycles. The Kier molecular flexibility index (Phi) is 5.28. The van der Waals surface area contributed by atoms with Gasteiger partial charge in [0.05, 0.1) is 16.8 Å². The number of fused-ring (bicyclic) bond motifs is 1. The average molecular weight is 412 g/mol. The number of hydrogen-bond donors (Lipinski definition) is 2. The van der Waals surface area contributed by atoms with Crippen LogP contribution in [0.4, 0.5) is 18.9 Å². The topological polar surface area (TPSA) is 84.1 Å². The number of anilines is 1. The van der Waals surface area contributed by atoms with Gasteiger partial charge in [-0.15, -0.1) is 0 Å². The van der Waals surface area contributed by atoms with Gasteiger partial charge in [0, 0.05) is 22.8 Å². The zero-order valence-electron chi connectivity index (χ0n) is 14.3. The summed E-state index contributed by atoms with van der Waals surface area (Å²) >= 11 is 5.61. The molecule has 2 heterocycles. The Balaban J connectivity index is 1.75. The Hall–Kier alpha value is -3.07. The van der Waals surface area contributed by atoms with Gasteiger partial charge in [-0.3, -0.25) is 4.79 Å². The lowest BCUT2D eigenvalue weighted by Gasteiger charge is -2.17. The number of H-pyrrole nitrogens is 1. The lowest BCUT2D eigenvalue weighted by atomic mass is 10.1. The van der Waals surface area contributed by atoms with E-state index in [4.69, 9.17) is 16.3 Å². The molecule has 1 atom stereocenters. The van der Waals surface area contributed by atoms with Crippen LogP contribution in [0.25, 0.3) is 11.0 Å². The molecule has 0 bridgehead atoms. The van der Waals surface area contributed by atoms with Gasteiger partial charge >= 0.3 is 12.1 Å². The highest BCUT2D eigenvalue weighted by atomic mass is 35.5. The third-order valence-corrected chi connectivity index (χ3v) is 4.11. The minimum atomic E-state index is -4.72. The Morgan fingerprint density at radius 1 is 1.25 bits per heavy atom. The van der Waals surface area contributed by atoms with Crippen LogP contribution in [-0.2, 0) is 15.7 Å². The van der Waals surface area contributed by atoms with Crippen molar-refractivity contribution in [1.82, 2.24) is 9.97 Å². The number of aromatic nitrogens is 2. The van der Waals surface area contributed by atoms with Crippen molar-refractivity contribution in [3.8, 4) is 0 Å². The normalized spacial score (nSPS) is 12.6. The van der Waals surface area contributed by atoms with E-state index in [1.807, 2.05) is 0 Å². The first-order valence-corrected chi connectivity index (χ1v) is 8.35. The number of ether oxygens (including phenoxy) is 1. The Morgan fingerprint density at radius 2 is 2.00 bits per heavy atom. The van der Waals surface area contributed by atoms with Crippen LogP contribution in [0, 0.1) is 0 Å². The molecule has 0 fully saturated rings. The zero-order valence-corrected chi connectivity index (χ0v) is 15.1. The van der Waals surface area contributed by atoms with E-state index in [9.17, 15) is 22.8 Å². The van der Waals surface area contributed by atoms with Crippen LogP contribution in [0.5, 0.6) is 0 Å². The number of rotatable bonds is 4. The van der Waals surface area contributed by atoms with Gasteiger partial charge in [-0.25, -0.2) is 9.78 Å². The van der Waals surface area contributed by atoms with Crippen molar-refractivity contribution in [3.05, 3.63) is 58.9 Å². The molecule has 0 aliphatic heterocycles. The van der Waals surface area contributed by atoms with Crippen molar-refractivity contribution in [2.24, 2.45) is 0 Å². The van der Waals surface area contributed by atoms with E-state index in [0.717, 1.165) is 6.07 Å². The lowest BCUT2D eigenvalue weighted by Crippen LogP contribution is -2.30. The molecule has 28 heavy (non-hydrogen) atoms. The number of hydrogen-bond acceptors (Lipinski definition) is 4. The monoisotopic (exact) mass is 411 g/mol. The van der Waals surface area contributed by atoms with Gasteiger partial charge in [-0.2, -0.15) is 13.2 Å². The van der Waals surface area contributed by atoms with Gasteiger partial charge in [0.1, 0.15) is 5.65 Å². The fourth-order valence-corrected chi connectivity index (χ4v) is 2.68. The summed E-state index contributed by atoms with van der Waals surface area (Å²) in [4.78, 5) is 31.5. The van der Waals surface area contributed by atoms with Crippen LogP contribution < -0.4 is 5.32 Å². The number of halogens is 4. The zero-order chi connectivity index (χ0) is 20.5. The number of carbonyl (C=O) groups excluding carboxylic acids is 2. The molecule has 0 saturated carbocycles. The summed E-state index contributed by atoms with van der Waals surface area (Å²) < 4.78 is 44.5. The van der Waals surface area contributed by atoms with Crippen LogP contribution in [0.1, 0.15) is 22.8 Å².